The Labute approximate surface area is 218 Å². The number of likely N-dealkylation sites (N-methyl/N-ethyl adjacent to an activating group) is 1. The van der Waals surface area contributed by atoms with E-state index in [9.17, 15) is 9.18 Å². The number of aromatic nitrogens is 2. The summed E-state index contributed by atoms with van der Waals surface area (Å²) in [6.45, 7) is 5.52. The fourth-order valence-electron chi connectivity index (χ4n) is 3.75. The molecule has 0 atom stereocenters. The predicted molar refractivity (Wildman–Crippen MR) is 142 cm³/mol. The van der Waals surface area contributed by atoms with Gasteiger partial charge in [-0.05, 0) is 81.4 Å². The molecule has 8 nitrogen and oxygen atoms in total. The molecule has 0 aliphatic carbocycles. The monoisotopic (exact) mass is 514 g/mol. The second-order valence-corrected chi connectivity index (χ2v) is 9.78. The van der Waals surface area contributed by atoms with Gasteiger partial charge in [-0.1, -0.05) is 5.16 Å². The number of benzene rings is 2. The van der Waals surface area contributed by atoms with Crippen molar-refractivity contribution < 1.29 is 23.2 Å². The fraction of sp³-hybridized carbons (Fsp3) is 0.207. The molecular formula is C29H27FN4O4. The van der Waals surface area contributed by atoms with E-state index in [1.807, 2.05) is 49.6 Å². The number of carbonyl (C=O) groups is 1. The third kappa shape index (κ3) is 5.51. The first-order valence-corrected chi connectivity index (χ1v) is 12.0. The van der Waals surface area contributed by atoms with Crippen LogP contribution in [-0.2, 0) is 9.63 Å². The number of rotatable bonds is 6. The van der Waals surface area contributed by atoms with Crippen LogP contribution in [0.2, 0.25) is 0 Å². The van der Waals surface area contributed by atoms with Crippen LogP contribution in [0, 0.1) is 5.82 Å². The molecule has 0 aliphatic heterocycles. The van der Waals surface area contributed by atoms with Gasteiger partial charge in [0.2, 0.25) is 0 Å². The molecule has 1 amide bonds. The molecule has 0 radical (unpaired) electrons. The minimum absolute atomic E-state index is 0.208. The second kappa shape index (κ2) is 10.0. The molecule has 0 bridgehead atoms. The molecule has 0 saturated heterocycles. The summed E-state index contributed by atoms with van der Waals surface area (Å²) in [5.74, 6) is 0.335. The third-order valence-corrected chi connectivity index (χ3v) is 5.75. The highest BCUT2D eigenvalue weighted by atomic mass is 19.1. The van der Waals surface area contributed by atoms with Crippen LogP contribution in [0.4, 0.5) is 10.1 Å². The zero-order valence-corrected chi connectivity index (χ0v) is 21.5. The minimum atomic E-state index is -0.506. The van der Waals surface area contributed by atoms with Crippen LogP contribution in [0.25, 0.3) is 27.9 Å². The van der Waals surface area contributed by atoms with Crippen LogP contribution in [-0.4, -0.2) is 34.5 Å². The normalized spacial score (nSPS) is 12.2. The van der Waals surface area contributed by atoms with E-state index in [1.54, 1.807) is 37.6 Å². The van der Waals surface area contributed by atoms with Gasteiger partial charge >= 0.3 is 0 Å². The van der Waals surface area contributed by atoms with Crippen molar-refractivity contribution in [2.75, 3.05) is 18.6 Å². The van der Waals surface area contributed by atoms with Crippen molar-refractivity contribution in [1.29, 1.82) is 0 Å². The van der Waals surface area contributed by atoms with Crippen molar-refractivity contribution >= 4 is 28.1 Å². The molecule has 3 aromatic heterocycles. The van der Waals surface area contributed by atoms with E-state index >= 15 is 0 Å². The number of halogens is 1. The van der Waals surface area contributed by atoms with Gasteiger partial charge in [-0.3, -0.25) is 4.79 Å². The third-order valence-electron chi connectivity index (χ3n) is 5.75. The predicted octanol–water partition coefficient (Wildman–Crippen LogP) is 5.56. The number of hydrogen-bond donors (Lipinski definition) is 0. The Balaban J connectivity index is 1.46. The Bertz CT molecular complexity index is 1680. The van der Waals surface area contributed by atoms with E-state index in [-0.39, 0.29) is 18.3 Å². The molecular weight excluding hydrogens is 487 g/mol. The topological polar surface area (TPSA) is 81.6 Å². The van der Waals surface area contributed by atoms with E-state index in [0.29, 0.717) is 39.2 Å². The number of carbonyl (C=O) groups excluding carboxylic acids is 1. The van der Waals surface area contributed by atoms with E-state index in [1.165, 1.54) is 29.2 Å². The van der Waals surface area contributed by atoms with Gasteiger partial charge in [-0.2, -0.15) is 0 Å². The highest BCUT2D eigenvalue weighted by Gasteiger charge is 2.15. The number of fused-ring (bicyclic) bond motifs is 2. The van der Waals surface area contributed by atoms with Crippen molar-refractivity contribution in [2.24, 2.45) is 5.16 Å². The Morgan fingerprint density at radius 1 is 1.11 bits per heavy atom. The molecule has 0 aliphatic rings. The highest BCUT2D eigenvalue weighted by molar-refractivity contribution is 5.94. The molecule has 5 aromatic rings. The minimum Gasteiger partial charge on any atom is -0.484 e. The molecule has 2 aromatic carbocycles. The molecule has 38 heavy (non-hydrogen) atoms. The highest BCUT2D eigenvalue weighted by Crippen LogP contribution is 2.25. The van der Waals surface area contributed by atoms with Gasteiger partial charge in [0.05, 0.1) is 11.7 Å². The first kappa shape index (κ1) is 25.0. The molecule has 5 rings (SSSR count). The first-order valence-electron chi connectivity index (χ1n) is 12.0. The van der Waals surface area contributed by atoms with Crippen LogP contribution < -0.4 is 15.0 Å². The zero-order valence-electron chi connectivity index (χ0n) is 21.5. The van der Waals surface area contributed by atoms with Gasteiger partial charge in [0.1, 0.15) is 33.8 Å². The average Bonchev–Trinajstić information content (AvgIpc) is 3.38. The Morgan fingerprint density at radius 2 is 1.89 bits per heavy atom. The second-order valence-electron chi connectivity index (χ2n) is 9.78. The summed E-state index contributed by atoms with van der Waals surface area (Å²) in [6.07, 6.45) is 3.65. The maximum Gasteiger partial charge on any atom is 0.264 e. The Hall–Kier alpha value is -4.66. The van der Waals surface area contributed by atoms with Crippen LogP contribution in [0.15, 0.2) is 88.8 Å². The van der Waals surface area contributed by atoms with Crippen molar-refractivity contribution in [2.45, 2.75) is 26.4 Å². The largest absolute Gasteiger partial charge is 0.484 e. The van der Waals surface area contributed by atoms with Crippen molar-refractivity contribution in [3.63, 3.8) is 0 Å². The van der Waals surface area contributed by atoms with Crippen molar-refractivity contribution in [3.05, 3.63) is 90.4 Å². The number of ether oxygens (including phenoxy) is 1. The van der Waals surface area contributed by atoms with Gasteiger partial charge in [0.25, 0.3) is 5.91 Å². The number of nitrogens with zero attached hydrogens (tertiary/aromatic N) is 4. The molecule has 194 valence electrons. The lowest BCUT2D eigenvalue weighted by atomic mass is 10.2. The lowest BCUT2D eigenvalue weighted by molar-refractivity contribution is -0.120. The SMILES string of the molecule is CN(C(=O)COc1ccc2oc(-c3cc4cccn4cn3)c/c(=N/OC(C)(C)C)c2c1)c1ccc(F)cc1. The summed E-state index contributed by atoms with van der Waals surface area (Å²) in [7, 11) is 1.61. The maximum atomic E-state index is 13.2. The Morgan fingerprint density at radius 3 is 2.66 bits per heavy atom. The number of amides is 1. The number of anilines is 1. The summed E-state index contributed by atoms with van der Waals surface area (Å²) in [5, 5.41) is 5.59. The lowest BCUT2D eigenvalue weighted by Gasteiger charge is -2.18. The van der Waals surface area contributed by atoms with Gasteiger partial charge in [-0.25, -0.2) is 9.37 Å². The first-order chi connectivity index (χ1) is 18.2. The summed E-state index contributed by atoms with van der Waals surface area (Å²) in [6, 6.07) is 18.5. The smallest absolute Gasteiger partial charge is 0.264 e. The van der Waals surface area contributed by atoms with E-state index in [4.69, 9.17) is 14.0 Å². The molecule has 0 fully saturated rings. The van der Waals surface area contributed by atoms with Gasteiger partial charge in [-0.15, -0.1) is 0 Å². The number of hydrogen-bond acceptors (Lipinski definition) is 6. The van der Waals surface area contributed by atoms with Crippen LogP contribution in [0.5, 0.6) is 5.75 Å². The molecule has 0 unspecified atom stereocenters. The van der Waals surface area contributed by atoms with E-state index < -0.39 is 5.60 Å². The zero-order chi connectivity index (χ0) is 26.9. The van der Waals surface area contributed by atoms with Crippen LogP contribution >= 0.6 is 0 Å². The summed E-state index contributed by atoms with van der Waals surface area (Å²) < 4.78 is 27.1. The molecule has 0 spiro atoms. The standard InChI is InChI=1S/C29H27FN4O4/c1-29(2,3)38-32-24-16-27(25-14-21-6-5-13-34(21)18-31-25)37-26-12-11-22(15-23(24)26)36-17-28(35)33(4)20-9-7-19(30)8-10-20/h5-16,18H,17H2,1-4H3/b32-24-. The maximum absolute atomic E-state index is 13.2. The average molecular weight is 515 g/mol. The van der Waals surface area contributed by atoms with Gasteiger partial charge in [0.15, 0.2) is 12.4 Å². The summed E-state index contributed by atoms with van der Waals surface area (Å²) in [4.78, 5) is 24.3. The summed E-state index contributed by atoms with van der Waals surface area (Å²) in [5.41, 5.74) is 2.25. The molecule has 0 saturated carbocycles. The van der Waals surface area contributed by atoms with E-state index in [0.717, 1.165) is 5.52 Å². The quantitative estimate of drug-likeness (QED) is 0.277. The molecule has 3 heterocycles. The summed E-state index contributed by atoms with van der Waals surface area (Å²) >= 11 is 0. The van der Waals surface area contributed by atoms with Crippen molar-refractivity contribution in [3.8, 4) is 17.2 Å². The van der Waals surface area contributed by atoms with Gasteiger partial charge < -0.3 is 23.3 Å². The van der Waals surface area contributed by atoms with Crippen LogP contribution in [0.1, 0.15) is 20.8 Å². The van der Waals surface area contributed by atoms with E-state index in [2.05, 4.69) is 10.1 Å². The van der Waals surface area contributed by atoms with Gasteiger partial charge in [0, 0.05) is 30.5 Å². The molecule has 9 heteroatoms. The molecule has 0 N–H and O–H groups in total. The fourth-order valence-corrected chi connectivity index (χ4v) is 3.75. The van der Waals surface area contributed by atoms with Crippen molar-refractivity contribution in [1.82, 2.24) is 9.38 Å². The van der Waals surface area contributed by atoms with Crippen LogP contribution in [0.3, 0.4) is 0 Å². The Kier molecular flexibility index (Phi) is 6.59. The lowest BCUT2D eigenvalue weighted by Crippen LogP contribution is -2.31.